The Balaban J connectivity index is 1.54. The minimum absolute atomic E-state index is 0.0499. The number of carbonyl (C=O) groups is 3. The van der Waals surface area contributed by atoms with Gasteiger partial charge in [0.1, 0.15) is 5.75 Å². The number of imide groups is 1. The van der Waals surface area contributed by atoms with E-state index in [1.165, 1.54) is 37.5 Å². The highest BCUT2D eigenvalue weighted by atomic mass is 32.2. The SMILES string of the molecule is COc1ccc(NS(=O)(=O)c2ccc(/C=C/C(=O)OCC(=O)N3CCCC3=O)cc2)cc1. The lowest BCUT2D eigenvalue weighted by Gasteiger charge is -2.12. The number of esters is 1. The van der Waals surface area contributed by atoms with E-state index in [2.05, 4.69) is 4.72 Å². The van der Waals surface area contributed by atoms with Crippen LogP contribution < -0.4 is 9.46 Å². The largest absolute Gasteiger partial charge is 0.497 e. The van der Waals surface area contributed by atoms with Gasteiger partial charge in [0.15, 0.2) is 6.61 Å². The van der Waals surface area contributed by atoms with Gasteiger partial charge >= 0.3 is 5.97 Å². The molecular weight excluding hydrogens is 436 g/mol. The molecule has 1 saturated heterocycles. The van der Waals surface area contributed by atoms with E-state index in [1.807, 2.05) is 0 Å². The zero-order valence-electron chi connectivity index (χ0n) is 17.3. The van der Waals surface area contributed by atoms with Crippen LogP contribution >= 0.6 is 0 Å². The number of nitrogens with zero attached hydrogens (tertiary/aromatic N) is 1. The lowest BCUT2D eigenvalue weighted by Crippen LogP contribution is -2.35. The van der Waals surface area contributed by atoms with E-state index in [9.17, 15) is 22.8 Å². The molecule has 1 aliphatic rings. The summed E-state index contributed by atoms with van der Waals surface area (Å²) in [5.41, 5.74) is 0.953. The van der Waals surface area contributed by atoms with Crippen molar-refractivity contribution >= 4 is 39.6 Å². The molecule has 2 amide bonds. The summed E-state index contributed by atoms with van der Waals surface area (Å²) >= 11 is 0. The highest BCUT2D eigenvalue weighted by Gasteiger charge is 2.26. The number of ether oxygens (including phenoxy) is 2. The number of rotatable bonds is 8. The van der Waals surface area contributed by atoms with Gasteiger partial charge in [-0.2, -0.15) is 0 Å². The maximum atomic E-state index is 12.5. The first kappa shape index (κ1) is 23.0. The third-order valence-corrected chi connectivity index (χ3v) is 6.05. The maximum Gasteiger partial charge on any atom is 0.331 e. The van der Waals surface area contributed by atoms with Crippen LogP contribution in [0.5, 0.6) is 5.75 Å². The summed E-state index contributed by atoms with van der Waals surface area (Å²) in [4.78, 5) is 36.3. The van der Waals surface area contributed by atoms with Crippen molar-refractivity contribution in [1.82, 2.24) is 4.90 Å². The molecule has 32 heavy (non-hydrogen) atoms. The van der Waals surface area contributed by atoms with Crippen molar-refractivity contribution < 1.29 is 32.3 Å². The van der Waals surface area contributed by atoms with Crippen LogP contribution in [0, 0.1) is 0 Å². The van der Waals surface area contributed by atoms with E-state index >= 15 is 0 Å². The number of anilines is 1. The Labute approximate surface area is 185 Å². The van der Waals surface area contributed by atoms with Crippen molar-refractivity contribution in [1.29, 1.82) is 0 Å². The molecule has 168 valence electrons. The smallest absolute Gasteiger partial charge is 0.331 e. The lowest BCUT2D eigenvalue weighted by molar-refractivity contribution is -0.151. The molecule has 0 saturated carbocycles. The van der Waals surface area contributed by atoms with Crippen LogP contribution in [0.3, 0.4) is 0 Å². The summed E-state index contributed by atoms with van der Waals surface area (Å²) in [6, 6.07) is 12.3. The molecule has 1 fully saturated rings. The molecule has 0 spiro atoms. The van der Waals surface area contributed by atoms with Crippen LogP contribution in [0.4, 0.5) is 5.69 Å². The molecule has 0 radical (unpaired) electrons. The van der Waals surface area contributed by atoms with E-state index in [1.54, 1.807) is 24.3 Å². The Hall–Kier alpha value is -3.66. The van der Waals surface area contributed by atoms with Crippen molar-refractivity contribution in [3.8, 4) is 5.75 Å². The number of likely N-dealkylation sites (tertiary alicyclic amines) is 1. The van der Waals surface area contributed by atoms with Crippen molar-refractivity contribution in [2.24, 2.45) is 0 Å². The van der Waals surface area contributed by atoms with Crippen LogP contribution in [0.25, 0.3) is 6.08 Å². The number of nitrogens with one attached hydrogen (secondary N) is 1. The molecule has 1 aliphatic heterocycles. The molecule has 3 rings (SSSR count). The standard InChI is InChI=1S/C22H22N2O7S/c1-30-18-9-7-17(8-10-18)23-32(28,29)19-11-4-16(5-12-19)6-13-22(27)31-15-21(26)24-14-2-3-20(24)25/h4-13,23H,2-3,14-15H2,1H3/b13-6+. The van der Waals surface area contributed by atoms with Gasteiger partial charge in [-0.3, -0.25) is 19.2 Å². The molecule has 0 aromatic heterocycles. The second-order valence-electron chi connectivity index (χ2n) is 6.89. The second-order valence-corrected chi connectivity index (χ2v) is 8.57. The molecule has 0 unspecified atom stereocenters. The Morgan fingerprint density at radius 1 is 1.09 bits per heavy atom. The fourth-order valence-corrected chi connectivity index (χ4v) is 4.02. The number of hydrogen-bond donors (Lipinski definition) is 1. The first-order chi connectivity index (χ1) is 15.3. The number of hydrogen-bond acceptors (Lipinski definition) is 7. The van der Waals surface area contributed by atoms with Crippen LogP contribution in [0.15, 0.2) is 59.5 Å². The lowest BCUT2D eigenvalue weighted by atomic mass is 10.2. The summed E-state index contributed by atoms with van der Waals surface area (Å²) in [6.45, 7) is -0.170. The molecule has 2 aromatic carbocycles. The summed E-state index contributed by atoms with van der Waals surface area (Å²) in [5.74, 6) is -0.953. The van der Waals surface area contributed by atoms with E-state index in [-0.39, 0.29) is 10.8 Å². The quantitative estimate of drug-likeness (QED) is 0.476. The number of benzene rings is 2. The van der Waals surface area contributed by atoms with Crippen LogP contribution in [-0.2, 0) is 29.1 Å². The molecule has 1 heterocycles. The van der Waals surface area contributed by atoms with Crippen molar-refractivity contribution in [3.05, 3.63) is 60.2 Å². The number of sulfonamides is 1. The summed E-state index contributed by atoms with van der Waals surface area (Å²) < 4.78 is 37.4. The fraction of sp³-hybridized carbons (Fsp3) is 0.227. The Bertz CT molecular complexity index is 1120. The molecule has 0 bridgehead atoms. The topological polar surface area (TPSA) is 119 Å². The van der Waals surface area contributed by atoms with Crippen LogP contribution in [0.2, 0.25) is 0 Å². The molecule has 0 atom stereocenters. The average Bonchev–Trinajstić information content (AvgIpc) is 3.22. The zero-order chi connectivity index (χ0) is 23.1. The molecule has 10 heteroatoms. The summed E-state index contributed by atoms with van der Waals surface area (Å²) in [5, 5.41) is 0. The minimum atomic E-state index is -3.79. The third kappa shape index (κ3) is 5.94. The molecule has 9 nitrogen and oxygen atoms in total. The molecule has 2 aromatic rings. The predicted octanol–water partition coefficient (Wildman–Crippen LogP) is 2.20. The van der Waals surface area contributed by atoms with Gasteiger partial charge < -0.3 is 9.47 Å². The highest BCUT2D eigenvalue weighted by molar-refractivity contribution is 7.92. The number of amides is 2. The Morgan fingerprint density at radius 3 is 2.38 bits per heavy atom. The monoisotopic (exact) mass is 458 g/mol. The molecular formula is C22H22N2O7S. The first-order valence-corrected chi connectivity index (χ1v) is 11.2. The van der Waals surface area contributed by atoms with Gasteiger partial charge in [0.05, 0.1) is 12.0 Å². The van der Waals surface area contributed by atoms with Crippen LogP contribution in [-0.4, -0.2) is 51.4 Å². The van der Waals surface area contributed by atoms with Gasteiger partial charge in [0.2, 0.25) is 5.91 Å². The summed E-state index contributed by atoms with van der Waals surface area (Å²) in [6.07, 6.45) is 3.49. The Kier molecular flexibility index (Phi) is 7.26. The molecule has 1 N–H and O–H groups in total. The van der Waals surface area contributed by atoms with E-state index < -0.39 is 28.5 Å². The van der Waals surface area contributed by atoms with Crippen molar-refractivity contribution in [2.75, 3.05) is 25.0 Å². The van der Waals surface area contributed by atoms with Gasteiger partial charge in [-0.15, -0.1) is 0 Å². The van der Waals surface area contributed by atoms with Crippen molar-refractivity contribution in [2.45, 2.75) is 17.7 Å². The highest BCUT2D eigenvalue weighted by Crippen LogP contribution is 2.20. The van der Waals surface area contributed by atoms with Crippen LogP contribution in [0.1, 0.15) is 18.4 Å². The second kappa shape index (κ2) is 10.1. The fourth-order valence-electron chi connectivity index (χ4n) is 2.97. The first-order valence-electron chi connectivity index (χ1n) is 9.73. The van der Waals surface area contributed by atoms with Gasteiger partial charge in [-0.1, -0.05) is 12.1 Å². The van der Waals surface area contributed by atoms with E-state index in [0.29, 0.717) is 36.4 Å². The van der Waals surface area contributed by atoms with E-state index in [0.717, 1.165) is 11.0 Å². The average molecular weight is 458 g/mol. The molecule has 0 aliphatic carbocycles. The summed E-state index contributed by atoms with van der Waals surface area (Å²) in [7, 11) is -2.27. The van der Waals surface area contributed by atoms with Crippen molar-refractivity contribution in [3.63, 3.8) is 0 Å². The number of methoxy groups -OCH3 is 1. The van der Waals surface area contributed by atoms with Gasteiger partial charge in [0, 0.05) is 24.7 Å². The number of carbonyl (C=O) groups excluding carboxylic acids is 3. The third-order valence-electron chi connectivity index (χ3n) is 4.66. The van der Waals surface area contributed by atoms with E-state index in [4.69, 9.17) is 9.47 Å². The van der Waals surface area contributed by atoms with Gasteiger partial charge in [-0.25, -0.2) is 13.2 Å². The predicted molar refractivity (Wildman–Crippen MR) is 116 cm³/mol. The van der Waals surface area contributed by atoms with Gasteiger partial charge in [0.25, 0.3) is 15.9 Å². The zero-order valence-corrected chi connectivity index (χ0v) is 18.1. The minimum Gasteiger partial charge on any atom is -0.497 e. The Morgan fingerprint density at radius 2 is 1.78 bits per heavy atom. The normalized spacial score (nSPS) is 13.9. The van der Waals surface area contributed by atoms with Gasteiger partial charge in [-0.05, 0) is 54.5 Å². The maximum absolute atomic E-state index is 12.5.